The summed E-state index contributed by atoms with van der Waals surface area (Å²) in [7, 11) is 0. The fourth-order valence-electron chi connectivity index (χ4n) is 1.54. The summed E-state index contributed by atoms with van der Waals surface area (Å²) in [5.74, 6) is 0. The lowest BCUT2D eigenvalue weighted by atomic mass is 10.2. The van der Waals surface area contributed by atoms with Crippen molar-refractivity contribution in [3.05, 3.63) is 65.5 Å². The third-order valence-corrected chi connectivity index (χ3v) is 2.60. The number of hydrogen-bond donors (Lipinski definition) is 1. The first-order chi connectivity index (χ1) is 9.24. The Labute approximate surface area is 112 Å². The number of nitrogens with zero attached hydrogens (tertiary/aromatic N) is 1. The summed E-state index contributed by atoms with van der Waals surface area (Å²) in [6.07, 6.45) is 1.33. The molecule has 2 rings (SSSR count). The van der Waals surface area contributed by atoms with Crippen LogP contribution in [-0.2, 0) is 17.9 Å². The Morgan fingerprint density at radius 3 is 2.68 bits per heavy atom. The minimum Gasteiger partial charge on any atom is -0.445 e. The topological polar surface area (TPSA) is 51.2 Å². The van der Waals surface area contributed by atoms with Crippen molar-refractivity contribution in [3.8, 4) is 0 Å². The molecule has 98 valence electrons. The number of aryl methyl sites for hydroxylation is 1. The molecule has 0 bridgehead atoms. The van der Waals surface area contributed by atoms with Crippen LogP contribution in [0.1, 0.15) is 16.8 Å². The quantitative estimate of drug-likeness (QED) is 0.915. The van der Waals surface area contributed by atoms with E-state index in [9.17, 15) is 4.79 Å². The van der Waals surface area contributed by atoms with Gasteiger partial charge >= 0.3 is 6.09 Å². The van der Waals surface area contributed by atoms with Gasteiger partial charge in [0.05, 0.1) is 12.2 Å². The van der Waals surface area contributed by atoms with Crippen LogP contribution in [0.2, 0.25) is 0 Å². The maximum absolute atomic E-state index is 11.5. The Kier molecular flexibility index (Phi) is 4.50. The molecule has 0 aliphatic heterocycles. The molecular formula is C15H16N2O2. The van der Waals surface area contributed by atoms with Crippen molar-refractivity contribution in [2.75, 3.05) is 0 Å². The van der Waals surface area contributed by atoms with Gasteiger partial charge < -0.3 is 10.1 Å². The van der Waals surface area contributed by atoms with Gasteiger partial charge in [0.25, 0.3) is 0 Å². The lowest BCUT2D eigenvalue weighted by molar-refractivity contribution is 0.139. The smallest absolute Gasteiger partial charge is 0.407 e. The summed E-state index contributed by atoms with van der Waals surface area (Å²) in [5, 5.41) is 2.66. The zero-order chi connectivity index (χ0) is 13.5. The normalized spacial score (nSPS) is 9.95. The fourth-order valence-corrected chi connectivity index (χ4v) is 1.54. The van der Waals surface area contributed by atoms with E-state index in [2.05, 4.69) is 10.3 Å². The average molecular weight is 256 g/mol. The van der Waals surface area contributed by atoms with Gasteiger partial charge in [-0.1, -0.05) is 36.4 Å². The maximum Gasteiger partial charge on any atom is 0.407 e. The highest BCUT2D eigenvalue weighted by molar-refractivity contribution is 5.67. The molecule has 0 radical (unpaired) electrons. The number of aromatic nitrogens is 1. The number of carbonyl (C=O) groups is 1. The number of pyridine rings is 1. The van der Waals surface area contributed by atoms with Gasteiger partial charge in [-0.05, 0) is 24.1 Å². The number of rotatable bonds is 4. The molecule has 0 aliphatic carbocycles. The Morgan fingerprint density at radius 2 is 2.00 bits per heavy atom. The number of carbonyl (C=O) groups excluding carboxylic acids is 1. The zero-order valence-corrected chi connectivity index (χ0v) is 10.8. The summed E-state index contributed by atoms with van der Waals surface area (Å²) in [4.78, 5) is 15.7. The van der Waals surface area contributed by atoms with Gasteiger partial charge in [0.1, 0.15) is 6.61 Å². The zero-order valence-electron chi connectivity index (χ0n) is 10.8. The molecule has 0 saturated carbocycles. The first-order valence-corrected chi connectivity index (χ1v) is 6.10. The highest BCUT2D eigenvalue weighted by Gasteiger charge is 2.03. The van der Waals surface area contributed by atoms with Crippen LogP contribution in [0, 0.1) is 6.92 Å². The van der Waals surface area contributed by atoms with E-state index < -0.39 is 6.09 Å². The van der Waals surface area contributed by atoms with Crippen molar-refractivity contribution in [3.63, 3.8) is 0 Å². The van der Waals surface area contributed by atoms with E-state index in [0.29, 0.717) is 6.54 Å². The number of alkyl carbamates (subject to hydrolysis) is 1. The predicted octanol–water partition coefficient (Wildman–Crippen LogP) is 2.82. The molecule has 0 saturated heterocycles. The molecule has 0 unspecified atom stereocenters. The van der Waals surface area contributed by atoms with Gasteiger partial charge in [-0.3, -0.25) is 4.98 Å². The van der Waals surface area contributed by atoms with Gasteiger partial charge in [-0.2, -0.15) is 0 Å². The van der Waals surface area contributed by atoms with E-state index in [1.165, 1.54) is 0 Å². The number of hydrogen-bond acceptors (Lipinski definition) is 3. The molecule has 1 N–H and O–H groups in total. The van der Waals surface area contributed by atoms with Crippen LogP contribution in [0.5, 0.6) is 0 Å². The SMILES string of the molecule is Cc1ccc(CNC(=O)OCc2ccccc2)nc1. The average Bonchev–Trinajstić information content (AvgIpc) is 2.45. The van der Waals surface area contributed by atoms with Crippen molar-refractivity contribution in [2.24, 2.45) is 0 Å². The summed E-state index contributed by atoms with van der Waals surface area (Å²) in [6.45, 7) is 2.61. The molecule has 19 heavy (non-hydrogen) atoms. The second kappa shape index (κ2) is 6.54. The number of nitrogens with one attached hydrogen (secondary N) is 1. The second-order valence-electron chi connectivity index (χ2n) is 4.24. The first-order valence-electron chi connectivity index (χ1n) is 6.10. The Morgan fingerprint density at radius 1 is 1.21 bits per heavy atom. The first kappa shape index (κ1) is 13.1. The molecule has 0 aliphatic rings. The van der Waals surface area contributed by atoms with Crippen molar-refractivity contribution < 1.29 is 9.53 Å². The van der Waals surface area contributed by atoms with Gasteiger partial charge in [-0.25, -0.2) is 4.79 Å². The predicted molar refractivity (Wildman–Crippen MR) is 72.4 cm³/mol. The van der Waals surface area contributed by atoms with Gasteiger partial charge in [0.2, 0.25) is 0 Å². The molecule has 4 nitrogen and oxygen atoms in total. The molecular weight excluding hydrogens is 240 g/mol. The molecule has 1 amide bonds. The molecule has 4 heteroatoms. The Balaban J connectivity index is 1.74. The van der Waals surface area contributed by atoms with E-state index >= 15 is 0 Å². The molecule has 0 spiro atoms. The highest BCUT2D eigenvalue weighted by atomic mass is 16.5. The summed E-state index contributed by atoms with van der Waals surface area (Å²) < 4.78 is 5.10. The summed E-state index contributed by atoms with van der Waals surface area (Å²) in [6, 6.07) is 13.4. The monoisotopic (exact) mass is 256 g/mol. The van der Waals surface area contributed by atoms with E-state index in [1.54, 1.807) is 6.20 Å². The molecule has 1 aromatic heterocycles. The number of ether oxygens (including phenoxy) is 1. The third kappa shape index (κ3) is 4.43. The van der Waals surface area contributed by atoms with E-state index in [1.807, 2.05) is 49.4 Å². The molecule has 1 aromatic carbocycles. The van der Waals surface area contributed by atoms with Crippen molar-refractivity contribution in [1.29, 1.82) is 0 Å². The van der Waals surface area contributed by atoms with Crippen LogP contribution >= 0.6 is 0 Å². The third-order valence-electron chi connectivity index (χ3n) is 2.60. The largest absolute Gasteiger partial charge is 0.445 e. The van der Waals surface area contributed by atoms with E-state index in [0.717, 1.165) is 16.8 Å². The van der Waals surface area contributed by atoms with Crippen molar-refractivity contribution in [1.82, 2.24) is 10.3 Å². The van der Waals surface area contributed by atoms with Crippen LogP contribution in [0.3, 0.4) is 0 Å². The highest BCUT2D eigenvalue weighted by Crippen LogP contribution is 2.01. The summed E-state index contributed by atoms with van der Waals surface area (Å²) >= 11 is 0. The fraction of sp³-hybridized carbons (Fsp3) is 0.200. The maximum atomic E-state index is 11.5. The van der Waals surface area contributed by atoms with Crippen molar-refractivity contribution in [2.45, 2.75) is 20.1 Å². The minimum absolute atomic E-state index is 0.272. The molecule has 2 aromatic rings. The van der Waals surface area contributed by atoms with Crippen molar-refractivity contribution >= 4 is 6.09 Å². The van der Waals surface area contributed by atoms with Crippen LogP contribution < -0.4 is 5.32 Å². The standard InChI is InChI=1S/C15H16N2O2/c1-12-7-8-14(16-9-12)10-17-15(18)19-11-13-5-3-2-4-6-13/h2-9H,10-11H2,1H3,(H,17,18). The van der Waals surface area contributed by atoms with Gasteiger partial charge in [-0.15, -0.1) is 0 Å². The Hall–Kier alpha value is -2.36. The van der Waals surface area contributed by atoms with Gasteiger partial charge in [0, 0.05) is 6.20 Å². The van der Waals surface area contributed by atoms with Crippen LogP contribution in [0.4, 0.5) is 4.79 Å². The number of amides is 1. The lowest BCUT2D eigenvalue weighted by Crippen LogP contribution is -2.24. The number of benzene rings is 1. The van der Waals surface area contributed by atoms with Gasteiger partial charge in [0.15, 0.2) is 0 Å². The molecule has 1 heterocycles. The Bertz CT molecular complexity index is 524. The lowest BCUT2D eigenvalue weighted by Gasteiger charge is -2.06. The molecule has 0 atom stereocenters. The van der Waals surface area contributed by atoms with Crippen LogP contribution in [0.15, 0.2) is 48.7 Å². The molecule has 0 fully saturated rings. The minimum atomic E-state index is -0.439. The summed E-state index contributed by atoms with van der Waals surface area (Å²) in [5.41, 5.74) is 2.86. The van der Waals surface area contributed by atoms with E-state index in [4.69, 9.17) is 4.74 Å². The second-order valence-corrected chi connectivity index (χ2v) is 4.24. The van der Waals surface area contributed by atoms with Crippen LogP contribution in [0.25, 0.3) is 0 Å². The van der Waals surface area contributed by atoms with Crippen LogP contribution in [-0.4, -0.2) is 11.1 Å². The van der Waals surface area contributed by atoms with E-state index in [-0.39, 0.29) is 6.61 Å².